The van der Waals surface area contributed by atoms with E-state index >= 15 is 0 Å². The molecule has 0 aliphatic heterocycles. The fourth-order valence-corrected chi connectivity index (χ4v) is 0.848. The van der Waals surface area contributed by atoms with Crippen molar-refractivity contribution in [3.8, 4) is 12.3 Å². The summed E-state index contributed by atoms with van der Waals surface area (Å²) < 4.78 is 4.97. The van der Waals surface area contributed by atoms with E-state index in [2.05, 4.69) is 5.92 Å². The number of ether oxygens (including phenoxy) is 1. The van der Waals surface area contributed by atoms with Gasteiger partial charge in [0.25, 0.3) is 0 Å². The van der Waals surface area contributed by atoms with Crippen LogP contribution in [0.15, 0.2) is 0 Å². The molecule has 0 aromatic heterocycles. The highest BCUT2D eigenvalue weighted by molar-refractivity contribution is 4.89. The molecule has 0 saturated heterocycles. The van der Waals surface area contributed by atoms with Gasteiger partial charge in [-0.15, -0.1) is 12.3 Å². The molecule has 0 fully saturated rings. The number of methoxy groups -OCH3 is 1. The van der Waals surface area contributed by atoms with E-state index in [1.807, 2.05) is 6.92 Å². The van der Waals surface area contributed by atoms with Gasteiger partial charge in [-0.25, -0.2) is 0 Å². The first-order valence-electron chi connectivity index (χ1n) is 3.40. The maximum Gasteiger partial charge on any atom is 0.0910 e. The molecule has 0 aliphatic rings. The Bertz CT molecular complexity index is 111. The summed E-state index contributed by atoms with van der Waals surface area (Å²) in [5.41, 5.74) is 0. The quantitative estimate of drug-likeness (QED) is 0.588. The molecule has 2 unspecified atom stereocenters. The van der Waals surface area contributed by atoms with Crippen LogP contribution in [0.5, 0.6) is 0 Å². The summed E-state index contributed by atoms with van der Waals surface area (Å²) in [4.78, 5) is 0. The van der Waals surface area contributed by atoms with Gasteiger partial charge in [0.15, 0.2) is 0 Å². The van der Waals surface area contributed by atoms with E-state index in [9.17, 15) is 5.11 Å². The number of rotatable bonds is 4. The largest absolute Gasteiger partial charge is 0.389 e. The summed E-state index contributed by atoms with van der Waals surface area (Å²) in [5.74, 6) is 2.39. The second-order valence-corrected chi connectivity index (χ2v) is 2.16. The van der Waals surface area contributed by atoms with Crippen LogP contribution in [0.2, 0.25) is 0 Å². The highest BCUT2D eigenvalue weighted by Crippen LogP contribution is 2.05. The molecule has 0 aromatic carbocycles. The van der Waals surface area contributed by atoms with E-state index in [1.165, 1.54) is 0 Å². The fourth-order valence-electron chi connectivity index (χ4n) is 0.848. The van der Waals surface area contributed by atoms with E-state index in [0.29, 0.717) is 6.42 Å². The van der Waals surface area contributed by atoms with E-state index < -0.39 is 6.10 Å². The average molecular weight is 142 g/mol. The van der Waals surface area contributed by atoms with Gasteiger partial charge in [-0.1, -0.05) is 6.92 Å². The molecular weight excluding hydrogens is 128 g/mol. The zero-order valence-electron chi connectivity index (χ0n) is 6.50. The molecule has 0 bridgehead atoms. The Hall–Kier alpha value is -0.520. The Morgan fingerprint density at radius 1 is 1.70 bits per heavy atom. The minimum Gasteiger partial charge on any atom is -0.389 e. The molecule has 0 rings (SSSR count). The normalized spacial score (nSPS) is 15.8. The summed E-state index contributed by atoms with van der Waals surface area (Å²) in [5, 5.41) is 9.24. The standard InChI is InChI=1S/C8H14O2/c1-4-6-7(9)8(5-2)10-3/h1,7-9H,5-6H2,2-3H3. The Morgan fingerprint density at radius 2 is 2.30 bits per heavy atom. The third kappa shape index (κ3) is 2.86. The SMILES string of the molecule is C#CCC(O)C(CC)OC. The molecule has 58 valence electrons. The minimum absolute atomic E-state index is 0.115. The van der Waals surface area contributed by atoms with Gasteiger partial charge in [-0.2, -0.15) is 0 Å². The third-order valence-corrected chi connectivity index (χ3v) is 1.46. The second kappa shape index (κ2) is 5.28. The molecule has 2 atom stereocenters. The molecule has 0 aliphatic carbocycles. The summed E-state index contributed by atoms with van der Waals surface area (Å²) in [6.45, 7) is 1.95. The van der Waals surface area contributed by atoms with Crippen LogP contribution in [0.4, 0.5) is 0 Å². The van der Waals surface area contributed by atoms with Gasteiger partial charge < -0.3 is 9.84 Å². The molecule has 10 heavy (non-hydrogen) atoms. The van der Waals surface area contributed by atoms with Gasteiger partial charge in [0.2, 0.25) is 0 Å². The molecule has 1 N–H and O–H groups in total. The van der Waals surface area contributed by atoms with Crippen molar-refractivity contribution < 1.29 is 9.84 Å². The minimum atomic E-state index is -0.514. The summed E-state index contributed by atoms with van der Waals surface area (Å²) in [7, 11) is 1.58. The number of aliphatic hydroxyl groups is 1. The Labute approximate surface area is 62.2 Å². The Morgan fingerprint density at radius 3 is 2.60 bits per heavy atom. The molecule has 0 heterocycles. The molecule has 0 saturated carbocycles. The van der Waals surface area contributed by atoms with Crippen molar-refractivity contribution in [2.24, 2.45) is 0 Å². The van der Waals surface area contributed by atoms with E-state index in [4.69, 9.17) is 11.2 Å². The predicted molar refractivity (Wildman–Crippen MR) is 40.5 cm³/mol. The lowest BCUT2D eigenvalue weighted by atomic mass is 10.1. The lowest BCUT2D eigenvalue weighted by Gasteiger charge is -2.17. The van der Waals surface area contributed by atoms with Crippen LogP contribution >= 0.6 is 0 Å². The zero-order valence-corrected chi connectivity index (χ0v) is 6.50. The van der Waals surface area contributed by atoms with Crippen LogP contribution in [0, 0.1) is 12.3 Å². The maximum absolute atomic E-state index is 9.24. The van der Waals surface area contributed by atoms with Crippen LogP contribution in [-0.2, 0) is 4.74 Å². The van der Waals surface area contributed by atoms with Crippen LogP contribution in [-0.4, -0.2) is 24.4 Å². The lowest BCUT2D eigenvalue weighted by Crippen LogP contribution is -2.26. The van der Waals surface area contributed by atoms with Crippen molar-refractivity contribution in [1.82, 2.24) is 0 Å². The van der Waals surface area contributed by atoms with Crippen molar-refractivity contribution in [3.63, 3.8) is 0 Å². The smallest absolute Gasteiger partial charge is 0.0910 e. The molecule has 2 nitrogen and oxygen atoms in total. The van der Waals surface area contributed by atoms with Crippen molar-refractivity contribution in [2.45, 2.75) is 32.0 Å². The fraction of sp³-hybridized carbons (Fsp3) is 0.750. The first-order chi connectivity index (χ1) is 4.76. The Balaban J connectivity index is 3.66. The highest BCUT2D eigenvalue weighted by atomic mass is 16.5. The van der Waals surface area contributed by atoms with Crippen LogP contribution in [0.25, 0.3) is 0 Å². The zero-order chi connectivity index (χ0) is 7.98. The van der Waals surface area contributed by atoms with E-state index in [1.54, 1.807) is 7.11 Å². The van der Waals surface area contributed by atoms with Crippen LogP contribution < -0.4 is 0 Å². The monoisotopic (exact) mass is 142 g/mol. The van der Waals surface area contributed by atoms with Crippen molar-refractivity contribution >= 4 is 0 Å². The molecule has 0 amide bonds. The second-order valence-electron chi connectivity index (χ2n) is 2.16. The topological polar surface area (TPSA) is 29.5 Å². The number of hydrogen-bond acceptors (Lipinski definition) is 2. The number of aliphatic hydroxyl groups excluding tert-OH is 1. The third-order valence-electron chi connectivity index (χ3n) is 1.46. The summed E-state index contributed by atoms with van der Waals surface area (Å²) in [6.07, 6.45) is 5.54. The van der Waals surface area contributed by atoms with Gasteiger partial charge in [0, 0.05) is 13.5 Å². The molecule has 2 heteroatoms. The van der Waals surface area contributed by atoms with Gasteiger partial charge >= 0.3 is 0 Å². The molecule has 0 spiro atoms. The van der Waals surface area contributed by atoms with Gasteiger partial charge in [0.1, 0.15) is 0 Å². The van der Waals surface area contributed by atoms with E-state index in [0.717, 1.165) is 6.42 Å². The Kier molecular flexibility index (Phi) is 5.00. The summed E-state index contributed by atoms with van der Waals surface area (Å²) in [6, 6.07) is 0. The number of terminal acetylenes is 1. The highest BCUT2D eigenvalue weighted by Gasteiger charge is 2.14. The molecule has 0 aromatic rings. The predicted octanol–water partition coefficient (Wildman–Crippen LogP) is 0.796. The molecule has 0 radical (unpaired) electrons. The number of hydrogen-bond donors (Lipinski definition) is 1. The van der Waals surface area contributed by atoms with Crippen molar-refractivity contribution in [3.05, 3.63) is 0 Å². The van der Waals surface area contributed by atoms with Gasteiger partial charge in [-0.3, -0.25) is 0 Å². The van der Waals surface area contributed by atoms with E-state index in [-0.39, 0.29) is 6.10 Å². The van der Waals surface area contributed by atoms with Crippen molar-refractivity contribution in [1.29, 1.82) is 0 Å². The first-order valence-corrected chi connectivity index (χ1v) is 3.40. The van der Waals surface area contributed by atoms with Crippen LogP contribution in [0.3, 0.4) is 0 Å². The molecular formula is C8H14O2. The average Bonchev–Trinajstić information content (AvgIpc) is 1.91. The summed E-state index contributed by atoms with van der Waals surface area (Å²) >= 11 is 0. The lowest BCUT2D eigenvalue weighted by molar-refractivity contribution is -0.0105. The van der Waals surface area contributed by atoms with Gasteiger partial charge in [-0.05, 0) is 6.42 Å². The maximum atomic E-state index is 9.24. The van der Waals surface area contributed by atoms with Crippen LogP contribution in [0.1, 0.15) is 19.8 Å². The van der Waals surface area contributed by atoms with Crippen molar-refractivity contribution in [2.75, 3.05) is 7.11 Å². The first kappa shape index (κ1) is 9.48. The van der Waals surface area contributed by atoms with Gasteiger partial charge in [0.05, 0.1) is 12.2 Å².